The molecule has 0 saturated carbocycles. The van der Waals surface area contributed by atoms with Crippen LogP contribution in [0.2, 0.25) is 0 Å². The summed E-state index contributed by atoms with van der Waals surface area (Å²) >= 11 is 0. The smallest absolute Gasteiger partial charge is 0.255 e. The molecule has 0 atom stereocenters. The summed E-state index contributed by atoms with van der Waals surface area (Å²) in [4.78, 5) is 21.2. The van der Waals surface area contributed by atoms with Gasteiger partial charge < -0.3 is 10.2 Å². The number of carbonyl (C=O) groups is 1. The fourth-order valence-corrected chi connectivity index (χ4v) is 3.06. The molecule has 140 valence electrons. The van der Waals surface area contributed by atoms with Crippen LogP contribution in [0.1, 0.15) is 15.9 Å². The first-order valence-corrected chi connectivity index (χ1v) is 9.29. The van der Waals surface area contributed by atoms with Crippen LogP contribution < -0.4 is 5.32 Å². The van der Waals surface area contributed by atoms with Crippen LogP contribution in [0.15, 0.2) is 67.5 Å². The van der Waals surface area contributed by atoms with E-state index in [1.54, 1.807) is 18.5 Å². The zero-order valence-electron chi connectivity index (χ0n) is 15.6. The van der Waals surface area contributed by atoms with E-state index in [4.69, 9.17) is 0 Å². The summed E-state index contributed by atoms with van der Waals surface area (Å²) in [6.45, 7) is 8.47. The van der Waals surface area contributed by atoms with Crippen LogP contribution in [-0.4, -0.2) is 60.0 Å². The predicted molar refractivity (Wildman–Crippen MR) is 111 cm³/mol. The van der Waals surface area contributed by atoms with E-state index in [9.17, 15) is 4.79 Å². The Hall–Kier alpha value is -2.92. The monoisotopic (exact) mass is 362 g/mol. The molecule has 1 aromatic heterocycles. The average molecular weight is 362 g/mol. The Labute approximate surface area is 161 Å². The van der Waals surface area contributed by atoms with E-state index >= 15 is 0 Å². The van der Waals surface area contributed by atoms with Crippen molar-refractivity contribution < 1.29 is 4.79 Å². The third-order valence-corrected chi connectivity index (χ3v) is 4.57. The van der Waals surface area contributed by atoms with Crippen LogP contribution in [0, 0.1) is 0 Å². The largest absolute Gasteiger partial charge is 0.380 e. The summed E-state index contributed by atoms with van der Waals surface area (Å²) in [5.41, 5.74) is 2.68. The Morgan fingerprint density at radius 1 is 1.15 bits per heavy atom. The quantitative estimate of drug-likeness (QED) is 0.769. The molecule has 0 radical (unpaired) electrons. The zero-order valence-corrected chi connectivity index (χ0v) is 15.6. The molecule has 0 unspecified atom stereocenters. The second-order valence-corrected chi connectivity index (χ2v) is 6.54. The van der Waals surface area contributed by atoms with E-state index in [0.29, 0.717) is 12.1 Å². The van der Waals surface area contributed by atoms with E-state index in [0.717, 1.165) is 38.4 Å². The number of anilines is 1. The van der Waals surface area contributed by atoms with E-state index in [2.05, 4.69) is 46.1 Å². The molecule has 27 heavy (non-hydrogen) atoms. The van der Waals surface area contributed by atoms with Crippen LogP contribution in [-0.2, 0) is 0 Å². The Morgan fingerprint density at radius 2 is 1.93 bits per heavy atom. The Kier molecular flexibility index (Phi) is 6.77. The standard InChI is InChI=1S/C22H26N4O/c1-2-10-24-21-16-20(17-23-18-21)22(27)26-14-12-25(13-15-26)11-6-9-19-7-4-3-5-8-19/h2-9,16-18,24H,1,10-15H2/b9-6+. The van der Waals surface area contributed by atoms with Gasteiger partial charge in [0.2, 0.25) is 0 Å². The molecule has 2 heterocycles. The molecule has 3 rings (SSSR count). The maximum absolute atomic E-state index is 12.7. The van der Waals surface area contributed by atoms with Gasteiger partial charge in [0, 0.05) is 51.7 Å². The molecule has 1 amide bonds. The molecule has 1 saturated heterocycles. The van der Waals surface area contributed by atoms with Crippen molar-refractivity contribution in [2.75, 3.05) is 44.6 Å². The molecule has 1 N–H and O–H groups in total. The fraction of sp³-hybridized carbons (Fsp3) is 0.273. The highest BCUT2D eigenvalue weighted by molar-refractivity contribution is 5.94. The summed E-state index contributed by atoms with van der Waals surface area (Å²) in [6, 6.07) is 12.2. The lowest BCUT2D eigenvalue weighted by atomic mass is 10.2. The first-order valence-electron chi connectivity index (χ1n) is 9.29. The molecule has 1 aromatic carbocycles. The minimum Gasteiger partial charge on any atom is -0.380 e. The number of amides is 1. The number of nitrogens with zero attached hydrogens (tertiary/aromatic N) is 3. The first-order chi connectivity index (χ1) is 13.3. The van der Waals surface area contributed by atoms with Gasteiger partial charge in [-0.3, -0.25) is 14.7 Å². The van der Waals surface area contributed by atoms with Gasteiger partial charge in [0.25, 0.3) is 5.91 Å². The third kappa shape index (κ3) is 5.53. The van der Waals surface area contributed by atoms with E-state index in [1.807, 2.05) is 29.2 Å². The Balaban J connectivity index is 1.49. The van der Waals surface area contributed by atoms with Gasteiger partial charge >= 0.3 is 0 Å². The van der Waals surface area contributed by atoms with Crippen molar-refractivity contribution >= 4 is 17.7 Å². The molecule has 0 aliphatic carbocycles. The highest BCUT2D eigenvalue weighted by Gasteiger charge is 2.21. The molecule has 2 aromatic rings. The number of carbonyl (C=O) groups excluding carboxylic acids is 1. The molecule has 1 aliphatic heterocycles. The molecule has 0 bridgehead atoms. The first kappa shape index (κ1) is 18.9. The molecule has 0 spiro atoms. The summed E-state index contributed by atoms with van der Waals surface area (Å²) in [5.74, 6) is 0.0456. The minimum absolute atomic E-state index is 0.0456. The molecule has 1 fully saturated rings. The number of hydrogen-bond donors (Lipinski definition) is 1. The van der Waals surface area contributed by atoms with E-state index < -0.39 is 0 Å². The van der Waals surface area contributed by atoms with Crippen LogP contribution in [0.4, 0.5) is 5.69 Å². The Morgan fingerprint density at radius 3 is 2.67 bits per heavy atom. The summed E-state index contributed by atoms with van der Waals surface area (Å²) < 4.78 is 0. The highest BCUT2D eigenvalue weighted by Crippen LogP contribution is 2.13. The van der Waals surface area contributed by atoms with Crippen LogP contribution in [0.5, 0.6) is 0 Å². The number of aromatic nitrogens is 1. The second-order valence-electron chi connectivity index (χ2n) is 6.54. The van der Waals surface area contributed by atoms with E-state index in [-0.39, 0.29) is 5.91 Å². The number of nitrogens with one attached hydrogen (secondary N) is 1. The Bertz CT molecular complexity index is 780. The van der Waals surface area contributed by atoms with Crippen molar-refractivity contribution in [1.29, 1.82) is 0 Å². The second kappa shape index (κ2) is 9.69. The van der Waals surface area contributed by atoms with Gasteiger partial charge in [0.05, 0.1) is 11.3 Å². The van der Waals surface area contributed by atoms with Gasteiger partial charge in [-0.05, 0) is 11.6 Å². The maximum atomic E-state index is 12.7. The van der Waals surface area contributed by atoms with Gasteiger partial charge in [0.1, 0.15) is 0 Å². The van der Waals surface area contributed by atoms with Crippen molar-refractivity contribution in [1.82, 2.24) is 14.8 Å². The molecule has 1 aliphatic rings. The van der Waals surface area contributed by atoms with Crippen molar-refractivity contribution in [2.24, 2.45) is 0 Å². The van der Waals surface area contributed by atoms with Gasteiger partial charge in [-0.2, -0.15) is 0 Å². The molecular weight excluding hydrogens is 336 g/mol. The highest BCUT2D eigenvalue weighted by atomic mass is 16.2. The normalized spacial score (nSPS) is 15.0. The van der Waals surface area contributed by atoms with Crippen molar-refractivity contribution in [3.05, 3.63) is 78.6 Å². The number of rotatable bonds is 7. The lowest BCUT2D eigenvalue weighted by Crippen LogP contribution is -2.48. The SMILES string of the molecule is C=CCNc1cncc(C(=O)N2CCN(C/C=C/c3ccccc3)CC2)c1. The van der Waals surface area contributed by atoms with Gasteiger partial charge in [-0.1, -0.05) is 48.6 Å². The molecule has 5 heteroatoms. The summed E-state index contributed by atoms with van der Waals surface area (Å²) in [5, 5.41) is 3.17. The van der Waals surface area contributed by atoms with Crippen molar-refractivity contribution in [3.8, 4) is 0 Å². The number of benzene rings is 1. The minimum atomic E-state index is 0.0456. The zero-order chi connectivity index (χ0) is 18.9. The van der Waals surface area contributed by atoms with Gasteiger partial charge in [-0.25, -0.2) is 0 Å². The topological polar surface area (TPSA) is 48.5 Å². The van der Waals surface area contributed by atoms with Crippen LogP contribution in [0.25, 0.3) is 6.08 Å². The number of piperazine rings is 1. The van der Waals surface area contributed by atoms with Crippen molar-refractivity contribution in [3.63, 3.8) is 0 Å². The molecular formula is C22H26N4O. The van der Waals surface area contributed by atoms with Crippen molar-refractivity contribution in [2.45, 2.75) is 0 Å². The average Bonchev–Trinajstić information content (AvgIpc) is 2.73. The van der Waals surface area contributed by atoms with Gasteiger partial charge in [0.15, 0.2) is 0 Å². The number of pyridine rings is 1. The summed E-state index contributed by atoms with van der Waals surface area (Å²) in [6.07, 6.45) is 9.46. The lowest BCUT2D eigenvalue weighted by molar-refractivity contribution is 0.0650. The van der Waals surface area contributed by atoms with Crippen LogP contribution >= 0.6 is 0 Å². The predicted octanol–water partition coefficient (Wildman–Crippen LogP) is 3.15. The number of hydrogen-bond acceptors (Lipinski definition) is 4. The van der Waals surface area contributed by atoms with Crippen LogP contribution in [0.3, 0.4) is 0 Å². The van der Waals surface area contributed by atoms with E-state index in [1.165, 1.54) is 5.56 Å². The maximum Gasteiger partial charge on any atom is 0.255 e. The van der Waals surface area contributed by atoms with Gasteiger partial charge in [-0.15, -0.1) is 6.58 Å². The summed E-state index contributed by atoms with van der Waals surface area (Å²) in [7, 11) is 0. The fourth-order valence-electron chi connectivity index (χ4n) is 3.06. The third-order valence-electron chi connectivity index (χ3n) is 4.57. The lowest BCUT2D eigenvalue weighted by Gasteiger charge is -2.34. The molecule has 5 nitrogen and oxygen atoms in total.